The van der Waals surface area contributed by atoms with Gasteiger partial charge in [-0.3, -0.25) is 9.48 Å². The van der Waals surface area contributed by atoms with E-state index < -0.39 is 5.91 Å². The number of anilines is 3. The van der Waals surface area contributed by atoms with Gasteiger partial charge >= 0.3 is 0 Å². The standard InChI is InChI=1S/C26H27N9O2/c1-26(2,3)35-13-16-11-17(12-18(21(16)34-35)15-7-5-4-6-8-15)29-24-22(23(28)36)32-33-25(31-24)30-20-9-10-37-14-19(20)27/h4-13H,14,27H2,1-3H3,(H2,28,36)(H2,29,30,31,33). The molecule has 188 valence electrons. The number of benzene rings is 2. The Morgan fingerprint density at radius 3 is 2.59 bits per heavy atom. The van der Waals surface area contributed by atoms with E-state index >= 15 is 0 Å². The molecule has 1 aliphatic heterocycles. The van der Waals surface area contributed by atoms with Crippen molar-refractivity contribution in [1.29, 1.82) is 0 Å². The Hall–Kier alpha value is -4.93. The van der Waals surface area contributed by atoms with Gasteiger partial charge in [-0.15, -0.1) is 10.2 Å². The molecular weight excluding hydrogens is 470 g/mol. The molecule has 11 heteroatoms. The normalized spacial score (nSPS) is 13.5. The smallest absolute Gasteiger partial charge is 0.273 e. The third-order valence-corrected chi connectivity index (χ3v) is 5.73. The molecule has 11 nitrogen and oxygen atoms in total. The summed E-state index contributed by atoms with van der Waals surface area (Å²) in [6, 6.07) is 13.9. The molecule has 0 saturated heterocycles. The van der Waals surface area contributed by atoms with Crippen molar-refractivity contribution in [3.8, 4) is 11.1 Å². The monoisotopic (exact) mass is 497 g/mol. The van der Waals surface area contributed by atoms with Crippen molar-refractivity contribution in [2.45, 2.75) is 26.3 Å². The van der Waals surface area contributed by atoms with Crippen LogP contribution in [0.3, 0.4) is 0 Å². The Bertz CT molecular complexity index is 1550. The van der Waals surface area contributed by atoms with Gasteiger partial charge in [0, 0.05) is 22.8 Å². The quantitative estimate of drug-likeness (QED) is 0.312. The molecule has 1 aliphatic rings. The third-order valence-electron chi connectivity index (χ3n) is 5.73. The van der Waals surface area contributed by atoms with Gasteiger partial charge in [0.15, 0.2) is 11.5 Å². The zero-order valence-corrected chi connectivity index (χ0v) is 20.7. The van der Waals surface area contributed by atoms with Gasteiger partial charge < -0.3 is 26.8 Å². The first-order valence-electron chi connectivity index (χ1n) is 11.6. The second-order valence-electron chi connectivity index (χ2n) is 9.57. The highest BCUT2D eigenvalue weighted by molar-refractivity contribution is 5.99. The lowest BCUT2D eigenvalue weighted by atomic mass is 10.0. The lowest BCUT2D eigenvalue weighted by Gasteiger charge is -2.18. The van der Waals surface area contributed by atoms with E-state index in [0.29, 0.717) is 17.1 Å². The number of ether oxygens (including phenoxy) is 1. The summed E-state index contributed by atoms with van der Waals surface area (Å²) in [6.07, 6.45) is 5.17. The fourth-order valence-electron chi connectivity index (χ4n) is 3.84. The highest BCUT2D eigenvalue weighted by Crippen LogP contribution is 2.34. The number of nitrogens with two attached hydrogens (primary N) is 2. The lowest BCUT2D eigenvalue weighted by Crippen LogP contribution is -2.21. The predicted octanol–water partition coefficient (Wildman–Crippen LogP) is 3.61. The fraction of sp³-hybridized carbons (Fsp3) is 0.192. The number of nitrogens with one attached hydrogen (secondary N) is 2. The summed E-state index contributed by atoms with van der Waals surface area (Å²) in [5, 5.41) is 20.0. The van der Waals surface area contributed by atoms with Crippen LogP contribution in [0.4, 0.5) is 17.5 Å². The summed E-state index contributed by atoms with van der Waals surface area (Å²) in [5.41, 5.74) is 15.8. The van der Waals surface area contributed by atoms with Gasteiger partial charge in [0.2, 0.25) is 5.95 Å². The topological polar surface area (TPSA) is 159 Å². The van der Waals surface area contributed by atoms with Gasteiger partial charge in [-0.25, -0.2) is 0 Å². The molecule has 0 fully saturated rings. The van der Waals surface area contributed by atoms with E-state index in [2.05, 4.69) is 46.6 Å². The Morgan fingerprint density at radius 2 is 1.89 bits per heavy atom. The third kappa shape index (κ3) is 4.92. The van der Waals surface area contributed by atoms with E-state index in [-0.39, 0.29) is 29.6 Å². The Labute approximate surface area is 213 Å². The van der Waals surface area contributed by atoms with Crippen molar-refractivity contribution in [2.24, 2.45) is 11.5 Å². The van der Waals surface area contributed by atoms with E-state index in [1.807, 2.05) is 53.3 Å². The van der Waals surface area contributed by atoms with Crippen molar-refractivity contribution in [2.75, 3.05) is 17.2 Å². The van der Waals surface area contributed by atoms with Gasteiger partial charge in [-0.05, 0) is 44.5 Å². The largest absolute Gasteiger partial charge is 0.495 e. The van der Waals surface area contributed by atoms with Gasteiger partial charge in [0.05, 0.1) is 23.2 Å². The molecule has 0 unspecified atom stereocenters. The number of nitrogens with zero attached hydrogens (tertiary/aromatic N) is 5. The van der Waals surface area contributed by atoms with Crippen molar-refractivity contribution in [1.82, 2.24) is 25.0 Å². The number of hydrogen-bond donors (Lipinski definition) is 4. The molecule has 0 spiro atoms. The Morgan fingerprint density at radius 1 is 1.11 bits per heavy atom. The summed E-state index contributed by atoms with van der Waals surface area (Å²) in [5.74, 6) is -0.465. The molecule has 5 rings (SSSR count). The number of fused-ring (bicyclic) bond motifs is 1. The molecule has 0 saturated carbocycles. The van der Waals surface area contributed by atoms with Gasteiger partial charge in [0.1, 0.15) is 12.1 Å². The Balaban J connectivity index is 1.59. The molecule has 2 aromatic carbocycles. The molecule has 3 heterocycles. The first kappa shape index (κ1) is 23.8. The maximum absolute atomic E-state index is 12.1. The lowest BCUT2D eigenvalue weighted by molar-refractivity contribution is 0.0995. The number of hydrogen-bond acceptors (Lipinski definition) is 9. The molecule has 2 aromatic heterocycles. The first-order chi connectivity index (χ1) is 17.7. The van der Waals surface area contributed by atoms with Gasteiger partial charge in [-0.2, -0.15) is 10.1 Å². The van der Waals surface area contributed by atoms with E-state index in [1.54, 1.807) is 6.08 Å². The number of aromatic nitrogens is 5. The number of primary amides is 1. The first-order valence-corrected chi connectivity index (χ1v) is 11.6. The number of carbonyl (C=O) groups excluding carboxylic acids is 1. The van der Waals surface area contributed by atoms with Crippen LogP contribution in [-0.4, -0.2) is 37.5 Å². The molecule has 0 bridgehead atoms. The average Bonchev–Trinajstić information content (AvgIpc) is 3.30. The van der Waals surface area contributed by atoms with Crippen LogP contribution in [0.25, 0.3) is 22.0 Å². The van der Waals surface area contributed by atoms with Crippen LogP contribution in [0.15, 0.2) is 72.4 Å². The summed E-state index contributed by atoms with van der Waals surface area (Å²) in [4.78, 5) is 16.6. The zero-order chi connectivity index (χ0) is 26.2. The van der Waals surface area contributed by atoms with Crippen molar-refractivity contribution in [3.05, 3.63) is 78.1 Å². The van der Waals surface area contributed by atoms with E-state index in [1.165, 1.54) is 6.26 Å². The maximum Gasteiger partial charge on any atom is 0.273 e. The molecule has 37 heavy (non-hydrogen) atoms. The van der Waals surface area contributed by atoms with Crippen LogP contribution in [-0.2, 0) is 10.3 Å². The van der Waals surface area contributed by atoms with Crippen molar-refractivity contribution >= 4 is 34.3 Å². The molecule has 6 N–H and O–H groups in total. The SMILES string of the molecule is CC(C)(C)n1cc2cc(Nc3nc(NC4=C(N)COC=C4)nnc3C(N)=O)cc(-c3ccccc3)c2n1. The molecule has 0 atom stereocenters. The van der Waals surface area contributed by atoms with E-state index in [0.717, 1.165) is 22.0 Å². The van der Waals surface area contributed by atoms with Crippen LogP contribution in [0.1, 0.15) is 31.3 Å². The zero-order valence-electron chi connectivity index (χ0n) is 20.7. The van der Waals surface area contributed by atoms with Gasteiger partial charge in [0.25, 0.3) is 5.91 Å². The van der Waals surface area contributed by atoms with Crippen LogP contribution in [0, 0.1) is 0 Å². The number of amides is 1. The number of carbonyl (C=O) groups is 1. The molecule has 1 amide bonds. The van der Waals surface area contributed by atoms with E-state index in [4.69, 9.17) is 21.3 Å². The second-order valence-corrected chi connectivity index (χ2v) is 9.57. The van der Waals surface area contributed by atoms with Crippen LogP contribution < -0.4 is 22.1 Å². The van der Waals surface area contributed by atoms with Crippen LogP contribution in [0.2, 0.25) is 0 Å². The number of rotatable bonds is 6. The summed E-state index contributed by atoms with van der Waals surface area (Å²) < 4.78 is 7.11. The summed E-state index contributed by atoms with van der Waals surface area (Å²) in [7, 11) is 0. The minimum Gasteiger partial charge on any atom is -0.495 e. The fourth-order valence-corrected chi connectivity index (χ4v) is 3.84. The average molecular weight is 498 g/mol. The molecular formula is C26H27N9O2. The van der Waals surface area contributed by atoms with Crippen molar-refractivity contribution in [3.63, 3.8) is 0 Å². The van der Waals surface area contributed by atoms with Crippen molar-refractivity contribution < 1.29 is 9.53 Å². The summed E-state index contributed by atoms with van der Waals surface area (Å²) in [6.45, 7) is 6.52. The van der Waals surface area contributed by atoms with Gasteiger partial charge in [-0.1, -0.05) is 30.3 Å². The minimum absolute atomic E-state index is 0.0956. The molecule has 0 radical (unpaired) electrons. The maximum atomic E-state index is 12.1. The highest BCUT2D eigenvalue weighted by Gasteiger charge is 2.20. The highest BCUT2D eigenvalue weighted by atomic mass is 16.5. The molecule has 0 aliphatic carbocycles. The van der Waals surface area contributed by atoms with Crippen LogP contribution >= 0.6 is 0 Å². The summed E-state index contributed by atoms with van der Waals surface area (Å²) >= 11 is 0. The molecule has 4 aromatic rings. The number of allylic oxidation sites excluding steroid dienone is 1. The second kappa shape index (κ2) is 9.26. The van der Waals surface area contributed by atoms with Crippen LogP contribution in [0.5, 0.6) is 0 Å². The van der Waals surface area contributed by atoms with E-state index in [9.17, 15) is 4.79 Å². The minimum atomic E-state index is -0.761. The Kier molecular flexibility index (Phi) is 5.96. The predicted molar refractivity (Wildman–Crippen MR) is 142 cm³/mol.